The summed E-state index contributed by atoms with van der Waals surface area (Å²) in [5.74, 6) is -0.726. The number of cyclic esters (lactones) is 2. The molecule has 8 heteroatoms. The van der Waals surface area contributed by atoms with Crippen LogP contribution in [0.25, 0.3) is 12.2 Å². The van der Waals surface area contributed by atoms with Gasteiger partial charge in [-0.2, -0.15) is 0 Å². The maximum Gasteiger partial charge on any atom is 0.363 e. The first kappa shape index (κ1) is 19.3. The summed E-state index contributed by atoms with van der Waals surface area (Å²) in [6.45, 7) is 0. The molecule has 0 saturated heterocycles. The molecular weight excluding hydrogens is 408 g/mol. The highest BCUT2D eigenvalue weighted by Crippen LogP contribution is 2.21. The van der Waals surface area contributed by atoms with Crippen LogP contribution in [0.4, 0.5) is 0 Å². The van der Waals surface area contributed by atoms with Crippen molar-refractivity contribution in [2.45, 2.75) is 0 Å². The highest BCUT2D eigenvalue weighted by Gasteiger charge is 2.26. The predicted molar refractivity (Wildman–Crippen MR) is 116 cm³/mol. The minimum absolute atomic E-state index is 0.168. The van der Waals surface area contributed by atoms with Gasteiger partial charge < -0.3 is 9.47 Å². The first-order valence-corrected chi connectivity index (χ1v) is 9.64. The summed E-state index contributed by atoms with van der Waals surface area (Å²) < 4.78 is 10.6. The Balaban J connectivity index is 1.37. The lowest BCUT2D eigenvalue weighted by atomic mass is 10.1. The highest BCUT2D eigenvalue weighted by molar-refractivity contribution is 6.14. The third-order valence-corrected chi connectivity index (χ3v) is 4.56. The fourth-order valence-corrected chi connectivity index (χ4v) is 3.02. The highest BCUT2D eigenvalue weighted by atomic mass is 16.6. The van der Waals surface area contributed by atoms with Crippen LogP contribution in [-0.2, 0) is 19.1 Å². The largest absolute Gasteiger partial charge is 0.402 e. The molecule has 0 saturated carbocycles. The number of nitrogens with zero attached hydrogens (tertiary/aromatic N) is 4. The molecule has 0 atom stereocenters. The second-order valence-corrected chi connectivity index (χ2v) is 6.76. The van der Waals surface area contributed by atoms with Crippen molar-refractivity contribution in [1.29, 1.82) is 0 Å². The topological polar surface area (TPSA) is 103 Å². The summed E-state index contributed by atoms with van der Waals surface area (Å²) in [5, 5.41) is 0. The Bertz CT molecular complexity index is 1220. The van der Waals surface area contributed by atoms with Gasteiger partial charge in [-0.25, -0.2) is 19.6 Å². The lowest BCUT2D eigenvalue weighted by Crippen LogP contribution is -2.07. The number of aliphatic imine (C=N–C) groups is 2. The zero-order valence-corrected chi connectivity index (χ0v) is 16.5. The molecule has 0 amide bonds. The SMILES string of the molecule is O=C1OC(c2ccc(C3=N/C(=C\c4ccccn4)C(=O)O3)cc2)=N/C1=C\c1ccccn1. The Labute approximate surface area is 182 Å². The number of carbonyl (C=O) groups is 2. The minimum atomic E-state index is -0.548. The van der Waals surface area contributed by atoms with E-state index in [0.29, 0.717) is 22.5 Å². The van der Waals surface area contributed by atoms with Crippen LogP contribution < -0.4 is 0 Å². The average molecular weight is 422 g/mol. The van der Waals surface area contributed by atoms with Gasteiger partial charge in [0.15, 0.2) is 11.4 Å². The fraction of sp³-hybridized carbons (Fsp3) is 0. The van der Waals surface area contributed by atoms with Crippen LogP contribution in [0.15, 0.2) is 94.4 Å². The number of ether oxygens (including phenoxy) is 2. The van der Waals surface area contributed by atoms with Gasteiger partial charge in [0, 0.05) is 23.5 Å². The summed E-state index contributed by atoms with van der Waals surface area (Å²) >= 11 is 0. The number of carbonyl (C=O) groups excluding carboxylic acids is 2. The van der Waals surface area contributed by atoms with Gasteiger partial charge in [-0.1, -0.05) is 12.1 Å². The Morgan fingerprint density at radius 1 is 0.594 bits per heavy atom. The third kappa shape index (κ3) is 3.97. The van der Waals surface area contributed by atoms with Crippen LogP contribution in [0.3, 0.4) is 0 Å². The van der Waals surface area contributed by atoms with E-state index in [0.717, 1.165) is 0 Å². The molecule has 32 heavy (non-hydrogen) atoms. The molecule has 0 aliphatic carbocycles. The Kier molecular flexibility index (Phi) is 4.93. The molecule has 154 valence electrons. The number of hydrogen-bond donors (Lipinski definition) is 0. The van der Waals surface area contributed by atoms with Gasteiger partial charge in [-0.15, -0.1) is 0 Å². The Morgan fingerprint density at radius 2 is 1.03 bits per heavy atom. The molecular formula is C24H14N4O4. The number of benzene rings is 1. The van der Waals surface area contributed by atoms with Gasteiger partial charge >= 0.3 is 11.9 Å². The van der Waals surface area contributed by atoms with E-state index in [4.69, 9.17) is 9.47 Å². The van der Waals surface area contributed by atoms with E-state index >= 15 is 0 Å². The number of esters is 2. The summed E-state index contributed by atoms with van der Waals surface area (Å²) in [7, 11) is 0. The van der Waals surface area contributed by atoms with Crippen molar-refractivity contribution in [3.63, 3.8) is 0 Å². The van der Waals surface area contributed by atoms with Crippen LogP contribution in [0, 0.1) is 0 Å². The molecule has 2 aromatic heterocycles. The monoisotopic (exact) mass is 422 g/mol. The second-order valence-electron chi connectivity index (χ2n) is 6.76. The van der Waals surface area contributed by atoms with E-state index in [9.17, 15) is 9.59 Å². The van der Waals surface area contributed by atoms with E-state index in [1.54, 1.807) is 73.1 Å². The van der Waals surface area contributed by atoms with Gasteiger partial charge in [0.05, 0.1) is 11.4 Å². The standard InChI is InChI=1S/C24H14N4O4/c29-23-19(13-17-5-1-3-11-25-17)27-21(31-23)15-7-9-16(10-8-15)22-28-20(24(30)32-22)14-18-6-2-4-12-26-18/h1-14H/b19-13-,20-14-. The number of hydrogen-bond acceptors (Lipinski definition) is 8. The van der Waals surface area contributed by atoms with Crippen LogP contribution in [0.2, 0.25) is 0 Å². The number of rotatable bonds is 4. The average Bonchev–Trinajstić information content (AvgIpc) is 3.37. The molecule has 2 aliphatic rings. The van der Waals surface area contributed by atoms with E-state index in [-0.39, 0.29) is 23.2 Å². The molecule has 1 aromatic carbocycles. The van der Waals surface area contributed by atoms with Crippen LogP contribution >= 0.6 is 0 Å². The van der Waals surface area contributed by atoms with Crippen molar-refractivity contribution < 1.29 is 19.1 Å². The molecule has 0 fully saturated rings. The number of pyridine rings is 2. The number of aromatic nitrogens is 2. The molecule has 5 rings (SSSR count). The Morgan fingerprint density at radius 3 is 1.41 bits per heavy atom. The smallest absolute Gasteiger partial charge is 0.363 e. The molecule has 3 aromatic rings. The first-order valence-electron chi connectivity index (χ1n) is 9.64. The van der Waals surface area contributed by atoms with Gasteiger partial charge in [0.25, 0.3) is 0 Å². The second kappa shape index (κ2) is 8.19. The third-order valence-electron chi connectivity index (χ3n) is 4.56. The van der Waals surface area contributed by atoms with E-state index in [1.807, 2.05) is 12.1 Å². The van der Waals surface area contributed by atoms with Crippen molar-refractivity contribution in [3.05, 3.63) is 107 Å². The minimum Gasteiger partial charge on any atom is -0.402 e. The van der Waals surface area contributed by atoms with Gasteiger partial charge in [-0.05, 0) is 60.7 Å². The zero-order valence-electron chi connectivity index (χ0n) is 16.5. The zero-order chi connectivity index (χ0) is 21.9. The van der Waals surface area contributed by atoms with E-state index in [2.05, 4.69) is 20.0 Å². The molecule has 2 aliphatic heterocycles. The van der Waals surface area contributed by atoms with E-state index < -0.39 is 11.9 Å². The van der Waals surface area contributed by atoms with Crippen molar-refractivity contribution >= 4 is 35.9 Å². The van der Waals surface area contributed by atoms with Crippen molar-refractivity contribution in [2.24, 2.45) is 9.98 Å². The van der Waals surface area contributed by atoms with Crippen LogP contribution in [0.5, 0.6) is 0 Å². The fourth-order valence-electron chi connectivity index (χ4n) is 3.02. The predicted octanol–water partition coefficient (Wildman–Crippen LogP) is 3.17. The van der Waals surface area contributed by atoms with Gasteiger partial charge in [0.2, 0.25) is 11.8 Å². The van der Waals surface area contributed by atoms with Crippen molar-refractivity contribution in [1.82, 2.24) is 9.97 Å². The summed E-state index contributed by atoms with van der Waals surface area (Å²) in [6, 6.07) is 17.6. The molecule has 0 spiro atoms. The molecule has 4 heterocycles. The lowest BCUT2D eigenvalue weighted by Gasteiger charge is -2.02. The summed E-state index contributed by atoms with van der Waals surface area (Å²) in [6.07, 6.45) is 6.38. The molecule has 8 nitrogen and oxygen atoms in total. The van der Waals surface area contributed by atoms with Crippen molar-refractivity contribution in [2.75, 3.05) is 0 Å². The normalized spacial score (nSPS) is 17.9. The maximum absolute atomic E-state index is 12.1. The molecule has 0 N–H and O–H groups in total. The molecule has 0 radical (unpaired) electrons. The lowest BCUT2D eigenvalue weighted by molar-refractivity contribution is -0.130. The van der Waals surface area contributed by atoms with E-state index in [1.165, 1.54) is 0 Å². The van der Waals surface area contributed by atoms with Crippen LogP contribution in [0.1, 0.15) is 22.5 Å². The van der Waals surface area contributed by atoms with Gasteiger partial charge in [-0.3, -0.25) is 9.97 Å². The Hall–Kier alpha value is -4.72. The first-order chi connectivity index (χ1) is 15.7. The quantitative estimate of drug-likeness (QED) is 0.473. The maximum atomic E-state index is 12.1. The molecule has 0 unspecified atom stereocenters. The van der Waals surface area contributed by atoms with Gasteiger partial charge in [0.1, 0.15) is 0 Å². The summed E-state index contributed by atoms with van der Waals surface area (Å²) in [4.78, 5) is 41.1. The van der Waals surface area contributed by atoms with Crippen molar-refractivity contribution in [3.8, 4) is 0 Å². The van der Waals surface area contributed by atoms with Crippen LogP contribution in [-0.4, -0.2) is 33.7 Å². The molecule has 0 bridgehead atoms. The summed E-state index contributed by atoms with van der Waals surface area (Å²) in [5.41, 5.74) is 2.74.